The van der Waals surface area contributed by atoms with Crippen LogP contribution in [0.3, 0.4) is 0 Å². The third-order valence-electron chi connectivity index (χ3n) is 7.97. The van der Waals surface area contributed by atoms with E-state index in [0.717, 1.165) is 65.7 Å². The summed E-state index contributed by atoms with van der Waals surface area (Å²) in [5.41, 5.74) is 5.52. The lowest BCUT2D eigenvalue weighted by molar-refractivity contribution is 0.0520. The molecule has 0 amide bonds. The van der Waals surface area contributed by atoms with Crippen LogP contribution in [0.15, 0.2) is 52.7 Å². The number of esters is 1. The zero-order chi connectivity index (χ0) is 29.9. The molecule has 43 heavy (non-hydrogen) atoms. The number of carbonyl (C=O) groups is 1. The monoisotopic (exact) mass is 617 g/mol. The Hall–Kier alpha value is -3.65. The van der Waals surface area contributed by atoms with Gasteiger partial charge in [0.05, 0.1) is 18.0 Å². The fraction of sp³-hybridized carbons (Fsp3) is 0.364. The molecular weight excluding hydrogens is 584 g/mol. The van der Waals surface area contributed by atoms with Crippen molar-refractivity contribution in [1.82, 2.24) is 14.8 Å². The van der Waals surface area contributed by atoms with Crippen LogP contribution in [0.1, 0.15) is 78.3 Å². The maximum atomic E-state index is 14.9. The van der Waals surface area contributed by atoms with Gasteiger partial charge in [-0.15, -0.1) is 16.5 Å². The van der Waals surface area contributed by atoms with E-state index in [1.807, 2.05) is 22.9 Å². The number of carbonyl (C=O) groups excluding carboxylic acids is 1. The van der Waals surface area contributed by atoms with E-state index in [9.17, 15) is 13.4 Å². The molecule has 0 saturated heterocycles. The van der Waals surface area contributed by atoms with E-state index >= 15 is 0 Å². The maximum absolute atomic E-state index is 14.9. The number of rotatable bonds is 9. The molecule has 1 unspecified atom stereocenters. The predicted molar refractivity (Wildman–Crippen MR) is 167 cm³/mol. The van der Waals surface area contributed by atoms with Crippen molar-refractivity contribution in [2.45, 2.75) is 63.2 Å². The van der Waals surface area contributed by atoms with Gasteiger partial charge in [0.15, 0.2) is 22.5 Å². The van der Waals surface area contributed by atoms with Gasteiger partial charge in [0.2, 0.25) is 10.0 Å². The van der Waals surface area contributed by atoms with Crippen molar-refractivity contribution in [2.75, 3.05) is 6.61 Å². The number of hydrogen-bond donors (Lipinski definition) is 1. The fourth-order valence-electron chi connectivity index (χ4n) is 5.57. The van der Waals surface area contributed by atoms with Gasteiger partial charge in [0.25, 0.3) is 0 Å². The molecule has 2 N–H and O–H groups in total. The molecule has 0 radical (unpaired) electrons. The first-order valence-electron chi connectivity index (χ1n) is 14.8. The molecule has 2 aliphatic carbocycles. The van der Waals surface area contributed by atoms with Gasteiger partial charge in [-0.2, -0.15) is 5.10 Å². The van der Waals surface area contributed by atoms with Crippen molar-refractivity contribution in [1.29, 1.82) is 0 Å². The Morgan fingerprint density at radius 1 is 1.19 bits per heavy atom. The third-order valence-corrected chi connectivity index (χ3v) is 9.62. The zero-order valence-corrected chi connectivity index (χ0v) is 25.7. The molecule has 2 fully saturated rings. The third kappa shape index (κ3) is 6.80. The lowest BCUT2D eigenvalue weighted by Crippen LogP contribution is -2.08. The number of halogens is 1. The second kappa shape index (κ2) is 12.9. The number of thiazole rings is 1. The number of hydrogen-bond acceptors (Lipinski definition) is 6. The highest BCUT2D eigenvalue weighted by atomic mass is 32.2. The summed E-state index contributed by atoms with van der Waals surface area (Å²) in [4.78, 5) is 17.0. The molecule has 10 heteroatoms. The van der Waals surface area contributed by atoms with E-state index in [2.05, 4.69) is 22.9 Å². The molecule has 2 saturated carbocycles. The predicted octanol–water partition coefficient (Wildman–Crippen LogP) is 6.33. The lowest BCUT2D eigenvalue weighted by atomic mass is 9.96. The summed E-state index contributed by atoms with van der Waals surface area (Å²) in [5, 5.41) is 12.9. The first-order valence-corrected chi connectivity index (χ1v) is 17.0. The summed E-state index contributed by atoms with van der Waals surface area (Å²) in [5.74, 6) is 6.75. The van der Waals surface area contributed by atoms with Crippen molar-refractivity contribution in [3.63, 3.8) is 0 Å². The van der Waals surface area contributed by atoms with Crippen molar-refractivity contribution in [2.24, 2.45) is 17.0 Å². The van der Waals surface area contributed by atoms with Crippen molar-refractivity contribution in [3.05, 3.63) is 81.7 Å². The van der Waals surface area contributed by atoms with Crippen LogP contribution in [-0.4, -0.2) is 27.3 Å². The van der Waals surface area contributed by atoms with Crippen molar-refractivity contribution in [3.8, 4) is 28.2 Å². The minimum atomic E-state index is -2.28. The second-order valence-corrected chi connectivity index (χ2v) is 13.2. The number of benzene rings is 2. The standard InChI is InChI=1S/C33H33FN4O3S2/c1-2-41-32(39)28-20-42-33(36-28)38-29(19-23-12-13-23)26(17-24-14-15-30(43(35)40)27(34)18-24)31(37-38)25-9-5-8-22(16-25)11-10-21-6-3-4-7-21/h5,8-9,14-16,18,20-21,23H,2-4,6-7,12-13,17,19H2,1H3,(H2,35,40)/p+1. The maximum Gasteiger partial charge on any atom is 0.357 e. The van der Waals surface area contributed by atoms with Crippen molar-refractivity contribution < 1.29 is 18.1 Å². The van der Waals surface area contributed by atoms with Gasteiger partial charge in [-0.25, -0.2) is 18.9 Å². The molecule has 0 spiro atoms. The van der Waals surface area contributed by atoms with Crippen LogP contribution in [0.25, 0.3) is 16.4 Å². The molecule has 0 aliphatic heterocycles. The Kier molecular flexibility index (Phi) is 8.84. The van der Waals surface area contributed by atoms with Crippen LogP contribution >= 0.6 is 11.3 Å². The Bertz CT molecular complexity index is 1740. The van der Waals surface area contributed by atoms with E-state index in [4.69, 9.17) is 15.0 Å². The average Bonchev–Trinajstić information content (AvgIpc) is 3.35. The van der Waals surface area contributed by atoms with Crippen LogP contribution < -0.4 is 5.14 Å². The van der Waals surface area contributed by atoms with E-state index < -0.39 is 22.8 Å². The summed E-state index contributed by atoms with van der Waals surface area (Å²) in [6.45, 7) is 2.03. The van der Waals surface area contributed by atoms with Crippen LogP contribution in [0.4, 0.5) is 4.39 Å². The molecule has 7 nitrogen and oxygen atoms in total. The van der Waals surface area contributed by atoms with E-state index in [1.165, 1.54) is 36.3 Å². The fourth-order valence-corrected chi connectivity index (χ4v) is 6.83. The number of nitrogens with zero attached hydrogens (tertiary/aromatic N) is 3. The molecule has 6 rings (SSSR count). The Morgan fingerprint density at radius 3 is 2.72 bits per heavy atom. The number of thiol groups is 1. The number of nitrogens with two attached hydrogens (primary N) is 1. The largest absolute Gasteiger partial charge is 0.461 e. The molecule has 222 valence electrons. The minimum Gasteiger partial charge on any atom is -0.461 e. The Morgan fingerprint density at radius 2 is 2.00 bits per heavy atom. The zero-order valence-electron chi connectivity index (χ0n) is 24.0. The average molecular weight is 618 g/mol. The van der Waals surface area contributed by atoms with E-state index in [0.29, 0.717) is 23.4 Å². The van der Waals surface area contributed by atoms with E-state index in [1.54, 1.807) is 18.4 Å². The highest BCUT2D eigenvalue weighted by Crippen LogP contribution is 2.38. The minimum absolute atomic E-state index is 0.00990. The van der Waals surface area contributed by atoms with Gasteiger partial charge in [0.1, 0.15) is 0 Å². The molecule has 2 aromatic heterocycles. The summed E-state index contributed by atoms with van der Waals surface area (Å²) < 4.78 is 33.7. The SMILES string of the molecule is CCOC(=O)c1csc(-n2nc(-c3cccc(C#CC4CCCC4)c3)c(Cc3ccc([SH+](N)=O)c(F)c3)c2CC2CC2)n1. The number of aromatic nitrogens is 3. The van der Waals surface area contributed by atoms with Gasteiger partial charge < -0.3 is 4.74 Å². The topological polar surface area (TPSA) is 100 Å². The van der Waals surface area contributed by atoms with Gasteiger partial charge >= 0.3 is 5.97 Å². The first-order chi connectivity index (χ1) is 20.9. The Balaban J connectivity index is 1.46. The van der Waals surface area contributed by atoms with Crippen molar-refractivity contribution >= 4 is 28.3 Å². The van der Waals surface area contributed by atoms with Crippen LogP contribution in [0.2, 0.25) is 0 Å². The normalized spacial score (nSPS) is 15.7. The molecule has 2 aliphatic rings. The molecular formula is C33H34FN4O3S2+. The summed E-state index contributed by atoms with van der Waals surface area (Å²) in [7, 11) is -2.28. The molecule has 1 atom stereocenters. The summed E-state index contributed by atoms with van der Waals surface area (Å²) in [6.07, 6.45) is 8.24. The van der Waals surface area contributed by atoms with Gasteiger partial charge in [-0.3, -0.25) is 0 Å². The highest BCUT2D eigenvalue weighted by molar-refractivity contribution is 7.82. The van der Waals surface area contributed by atoms with Gasteiger partial charge in [-0.05, 0) is 74.8 Å². The van der Waals surface area contributed by atoms with Crippen LogP contribution in [0.5, 0.6) is 0 Å². The second-order valence-electron chi connectivity index (χ2n) is 11.2. The van der Waals surface area contributed by atoms with E-state index in [-0.39, 0.29) is 17.2 Å². The molecule has 2 aromatic carbocycles. The first kappa shape index (κ1) is 29.4. The molecule has 0 bridgehead atoms. The smallest absolute Gasteiger partial charge is 0.357 e. The summed E-state index contributed by atoms with van der Waals surface area (Å²) in [6, 6.07) is 12.8. The van der Waals surface area contributed by atoms with Crippen LogP contribution in [0, 0.1) is 29.5 Å². The Labute approximate surface area is 257 Å². The van der Waals surface area contributed by atoms with Crippen LogP contribution in [-0.2, 0) is 32.8 Å². The van der Waals surface area contributed by atoms with Gasteiger partial charge in [-0.1, -0.05) is 47.1 Å². The highest BCUT2D eigenvalue weighted by Gasteiger charge is 2.30. The number of ether oxygens (including phenoxy) is 1. The quantitative estimate of drug-likeness (QED) is 0.102. The lowest BCUT2D eigenvalue weighted by Gasteiger charge is -2.09. The molecule has 2 heterocycles. The van der Waals surface area contributed by atoms with Gasteiger partial charge in [0, 0.05) is 34.4 Å². The molecule has 4 aromatic rings. The summed E-state index contributed by atoms with van der Waals surface area (Å²) >= 11 is 1.33.